The van der Waals surface area contributed by atoms with E-state index in [4.69, 9.17) is 4.74 Å². The van der Waals surface area contributed by atoms with Gasteiger partial charge in [0.2, 0.25) is 5.82 Å². The largest absolute Gasteiger partial charge is 0.442 e. The van der Waals surface area contributed by atoms with Gasteiger partial charge in [0.1, 0.15) is 17.6 Å². The molecule has 2 aliphatic heterocycles. The standard InChI is InChI=1S/C20H16FN9O2/c1-28-25-19(24-27-28)15-3-2-11(9-22-15)13-6-12-7-17-18(10-29-5-4-23-26-29)32-20(31)30(17)16(12)8-14(13)21/h2-6,8-9,17-18H,7,10H2,1H3/t17-,18-/m0/s1. The maximum absolute atomic E-state index is 15.1. The van der Waals surface area contributed by atoms with Crippen molar-refractivity contribution in [3.8, 4) is 22.6 Å². The monoisotopic (exact) mass is 433 g/mol. The minimum Gasteiger partial charge on any atom is -0.442 e. The molecule has 160 valence electrons. The molecule has 3 aromatic heterocycles. The number of nitrogens with zero attached hydrogens (tertiary/aromatic N) is 9. The zero-order valence-corrected chi connectivity index (χ0v) is 16.8. The van der Waals surface area contributed by atoms with Crippen molar-refractivity contribution < 1.29 is 13.9 Å². The van der Waals surface area contributed by atoms with E-state index in [2.05, 4.69) is 30.7 Å². The summed E-state index contributed by atoms with van der Waals surface area (Å²) in [6.45, 7) is 0.387. The number of anilines is 1. The van der Waals surface area contributed by atoms with Gasteiger partial charge in [-0.3, -0.25) is 9.88 Å². The highest BCUT2D eigenvalue weighted by Gasteiger charge is 2.48. The molecule has 1 amide bonds. The lowest BCUT2D eigenvalue weighted by Gasteiger charge is -2.16. The Morgan fingerprint density at radius 3 is 2.88 bits per heavy atom. The number of rotatable bonds is 4. The van der Waals surface area contributed by atoms with Gasteiger partial charge in [-0.1, -0.05) is 11.3 Å². The van der Waals surface area contributed by atoms with Crippen LogP contribution in [0.4, 0.5) is 14.9 Å². The van der Waals surface area contributed by atoms with Crippen molar-refractivity contribution in [2.24, 2.45) is 7.05 Å². The molecule has 0 N–H and O–H groups in total. The second-order valence-corrected chi connectivity index (χ2v) is 7.68. The minimum atomic E-state index is -0.478. The predicted octanol–water partition coefficient (Wildman–Crippen LogP) is 1.62. The fraction of sp³-hybridized carbons (Fsp3) is 0.250. The highest BCUT2D eigenvalue weighted by Crippen LogP contribution is 2.42. The van der Waals surface area contributed by atoms with Crippen molar-refractivity contribution in [3.05, 3.63) is 54.2 Å². The number of hydrogen-bond donors (Lipinski definition) is 0. The zero-order chi connectivity index (χ0) is 21.8. The van der Waals surface area contributed by atoms with Gasteiger partial charge in [0.05, 0.1) is 31.5 Å². The highest BCUT2D eigenvalue weighted by molar-refractivity contribution is 5.94. The van der Waals surface area contributed by atoms with Gasteiger partial charge in [0.15, 0.2) is 0 Å². The number of cyclic esters (lactones) is 1. The highest BCUT2D eigenvalue weighted by atomic mass is 19.1. The lowest BCUT2D eigenvalue weighted by atomic mass is 10.00. The van der Waals surface area contributed by atoms with Crippen molar-refractivity contribution >= 4 is 11.8 Å². The molecule has 5 heterocycles. The van der Waals surface area contributed by atoms with E-state index in [1.54, 1.807) is 48.5 Å². The van der Waals surface area contributed by atoms with Crippen LogP contribution in [0.1, 0.15) is 5.56 Å². The molecular weight excluding hydrogens is 417 g/mol. The number of halogens is 1. The Morgan fingerprint density at radius 1 is 1.25 bits per heavy atom. The summed E-state index contributed by atoms with van der Waals surface area (Å²) in [5.74, 6) is -0.0462. The maximum Gasteiger partial charge on any atom is 0.415 e. The van der Waals surface area contributed by atoms with E-state index < -0.39 is 18.0 Å². The quantitative estimate of drug-likeness (QED) is 0.477. The molecule has 0 unspecified atom stereocenters. The minimum absolute atomic E-state index is 0.223. The summed E-state index contributed by atoms with van der Waals surface area (Å²) in [4.78, 5) is 19.7. The molecule has 2 aliphatic rings. The summed E-state index contributed by atoms with van der Waals surface area (Å²) in [5.41, 5.74) is 2.99. The van der Waals surface area contributed by atoms with Crippen molar-refractivity contribution in [2.45, 2.75) is 25.1 Å². The number of pyridine rings is 1. The summed E-state index contributed by atoms with van der Waals surface area (Å²) >= 11 is 0. The molecule has 6 rings (SSSR count). The first-order valence-corrected chi connectivity index (χ1v) is 9.94. The van der Waals surface area contributed by atoms with Crippen molar-refractivity contribution in [1.29, 1.82) is 0 Å². The Kier molecular flexibility index (Phi) is 4.00. The second-order valence-electron chi connectivity index (χ2n) is 7.68. The Hall–Kier alpha value is -4.22. The van der Waals surface area contributed by atoms with Crippen molar-refractivity contribution in [2.75, 3.05) is 4.90 Å². The van der Waals surface area contributed by atoms with Crippen LogP contribution in [0, 0.1) is 5.82 Å². The molecule has 1 saturated heterocycles. The van der Waals surface area contributed by atoms with Gasteiger partial charge in [0, 0.05) is 23.5 Å². The van der Waals surface area contributed by atoms with Crippen LogP contribution in [0.3, 0.4) is 0 Å². The fourth-order valence-electron chi connectivity index (χ4n) is 4.25. The Bertz CT molecular complexity index is 1320. The number of hydrogen-bond acceptors (Lipinski definition) is 8. The topological polar surface area (TPSA) is 117 Å². The van der Waals surface area contributed by atoms with E-state index >= 15 is 4.39 Å². The van der Waals surface area contributed by atoms with Crippen LogP contribution in [-0.2, 0) is 24.8 Å². The van der Waals surface area contributed by atoms with Crippen LogP contribution < -0.4 is 4.90 Å². The Labute approximate surface area is 180 Å². The third-order valence-electron chi connectivity index (χ3n) is 5.72. The first-order valence-electron chi connectivity index (χ1n) is 9.94. The van der Waals surface area contributed by atoms with Gasteiger partial charge in [0.25, 0.3) is 0 Å². The number of tetrazole rings is 1. The molecule has 0 bridgehead atoms. The van der Waals surface area contributed by atoms with E-state index in [0.717, 1.165) is 5.56 Å². The van der Waals surface area contributed by atoms with E-state index in [9.17, 15) is 4.79 Å². The summed E-state index contributed by atoms with van der Waals surface area (Å²) in [6, 6.07) is 6.44. The molecule has 0 radical (unpaired) electrons. The number of benzene rings is 1. The molecule has 0 saturated carbocycles. The Balaban J connectivity index is 1.30. The number of amides is 1. The van der Waals surface area contributed by atoms with Gasteiger partial charge in [-0.2, -0.15) is 4.80 Å². The van der Waals surface area contributed by atoms with E-state index in [1.165, 1.54) is 15.8 Å². The molecule has 12 heteroatoms. The first kappa shape index (κ1) is 18.5. The molecule has 0 aliphatic carbocycles. The van der Waals surface area contributed by atoms with Gasteiger partial charge < -0.3 is 4.74 Å². The summed E-state index contributed by atoms with van der Waals surface area (Å²) in [6.07, 6.45) is 4.54. The summed E-state index contributed by atoms with van der Waals surface area (Å²) in [7, 11) is 1.67. The number of aromatic nitrogens is 8. The summed E-state index contributed by atoms with van der Waals surface area (Å²) < 4.78 is 22.2. The number of ether oxygens (including phenoxy) is 1. The van der Waals surface area contributed by atoms with Crippen molar-refractivity contribution in [1.82, 2.24) is 40.2 Å². The smallest absolute Gasteiger partial charge is 0.415 e. The average Bonchev–Trinajstić information content (AvgIpc) is 3.56. The molecule has 1 aromatic carbocycles. The number of carbonyl (C=O) groups is 1. The van der Waals surface area contributed by atoms with Gasteiger partial charge in [-0.15, -0.1) is 15.3 Å². The lowest BCUT2D eigenvalue weighted by molar-refractivity contribution is 0.117. The number of fused-ring (bicyclic) bond motifs is 3. The third kappa shape index (κ3) is 2.91. The Morgan fingerprint density at radius 2 is 2.16 bits per heavy atom. The molecular formula is C20H16FN9O2. The van der Waals surface area contributed by atoms with Crippen LogP contribution in [0.5, 0.6) is 0 Å². The number of aryl methyl sites for hydroxylation is 1. The third-order valence-corrected chi connectivity index (χ3v) is 5.72. The predicted molar refractivity (Wildman–Crippen MR) is 108 cm³/mol. The van der Waals surface area contributed by atoms with Crippen LogP contribution >= 0.6 is 0 Å². The van der Waals surface area contributed by atoms with Gasteiger partial charge in [-0.25, -0.2) is 13.9 Å². The lowest BCUT2D eigenvalue weighted by Crippen LogP contribution is -2.35. The van der Waals surface area contributed by atoms with Crippen LogP contribution in [0.2, 0.25) is 0 Å². The van der Waals surface area contributed by atoms with Gasteiger partial charge in [-0.05, 0) is 35.4 Å². The molecule has 0 spiro atoms. The maximum atomic E-state index is 15.1. The number of carbonyl (C=O) groups excluding carboxylic acids is 1. The molecule has 4 aromatic rings. The zero-order valence-electron chi connectivity index (χ0n) is 16.8. The van der Waals surface area contributed by atoms with E-state index in [0.29, 0.717) is 41.3 Å². The first-order chi connectivity index (χ1) is 15.6. The van der Waals surface area contributed by atoms with Gasteiger partial charge >= 0.3 is 6.09 Å². The van der Waals surface area contributed by atoms with Crippen LogP contribution in [0.15, 0.2) is 42.9 Å². The van der Waals surface area contributed by atoms with E-state index in [1.807, 2.05) is 0 Å². The van der Waals surface area contributed by atoms with E-state index in [-0.39, 0.29) is 6.04 Å². The average molecular weight is 433 g/mol. The van der Waals surface area contributed by atoms with Crippen LogP contribution in [0.25, 0.3) is 22.6 Å². The molecule has 32 heavy (non-hydrogen) atoms. The normalized spacial score (nSPS) is 19.2. The molecule has 11 nitrogen and oxygen atoms in total. The summed E-state index contributed by atoms with van der Waals surface area (Å²) in [5, 5.41) is 19.6. The second kappa shape index (κ2) is 6.90. The van der Waals surface area contributed by atoms with Crippen LogP contribution in [-0.4, -0.2) is 58.4 Å². The van der Waals surface area contributed by atoms with Crippen molar-refractivity contribution in [3.63, 3.8) is 0 Å². The fourth-order valence-corrected chi connectivity index (χ4v) is 4.25. The molecule has 1 fully saturated rings. The molecule has 2 atom stereocenters. The SMILES string of the molecule is Cn1nnc(-c2ccc(-c3cc4c(cc3F)N3C(=O)O[C@@H](Cn5ccnn5)[C@@H]3C4)cn2)n1.